The van der Waals surface area contributed by atoms with E-state index in [9.17, 15) is 14.4 Å². The molecule has 34 heavy (non-hydrogen) atoms. The number of benzene rings is 1. The summed E-state index contributed by atoms with van der Waals surface area (Å²) in [7, 11) is 1.81. The average Bonchev–Trinajstić information content (AvgIpc) is 3.34. The molecule has 3 rings (SSSR count). The van der Waals surface area contributed by atoms with Crippen LogP contribution in [0.1, 0.15) is 32.0 Å². The van der Waals surface area contributed by atoms with Gasteiger partial charge in [-0.1, -0.05) is 18.2 Å². The Morgan fingerprint density at radius 2 is 1.56 bits per heavy atom. The highest BCUT2D eigenvalue weighted by molar-refractivity contribution is 6.04. The number of nitrogens with zero attached hydrogens (tertiary/aromatic N) is 2. The smallest absolute Gasteiger partial charge is 0.449 e. The van der Waals surface area contributed by atoms with E-state index in [2.05, 4.69) is 0 Å². The summed E-state index contributed by atoms with van der Waals surface area (Å²) in [6.45, 7) is 5.15. The minimum absolute atomic E-state index is 0.00111. The Morgan fingerprint density at radius 1 is 0.882 bits per heavy atom. The van der Waals surface area contributed by atoms with E-state index < -0.39 is 18.4 Å². The Hall–Kier alpha value is -4.21. The number of ether oxygens (including phenoxy) is 5. The monoisotopic (exact) mass is 470 g/mol. The molecule has 0 fully saturated rings. The summed E-state index contributed by atoms with van der Waals surface area (Å²) in [5.74, 6) is -0.221. The molecule has 10 nitrogen and oxygen atoms in total. The molecule has 0 atom stereocenters. The predicted molar refractivity (Wildman–Crippen MR) is 123 cm³/mol. The van der Waals surface area contributed by atoms with Gasteiger partial charge < -0.3 is 28.3 Å². The number of hydrogen-bond donors (Lipinski definition) is 0. The first kappa shape index (κ1) is 24.4. The highest BCUT2D eigenvalue weighted by atomic mass is 16.7. The Bertz CT molecular complexity index is 1220. The van der Waals surface area contributed by atoms with E-state index in [-0.39, 0.29) is 37.0 Å². The summed E-state index contributed by atoms with van der Waals surface area (Å²) >= 11 is 0. The summed E-state index contributed by atoms with van der Waals surface area (Å²) < 4.78 is 29.0. The molecule has 2 aromatic heterocycles. The van der Waals surface area contributed by atoms with Crippen LogP contribution in [0.15, 0.2) is 42.6 Å². The zero-order valence-corrected chi connectivity index (χ0v) is 19.4. The van der Waals surface area contributed by atoms with Crippen molar-refractivity contribution < 1.29 is 38.1 Å². The Morgan fingerprint density at radius 3 is 2.21 bits per heavy atom. The van der Waals surface area contributed by atoms with Crippen molar-refractivity contribution in [2.45, 2.75) is 20.8 Å². The van der Waals surface area contributed by atoms with Crippen molar-refractivity contribution in [3.8, 4) is 5.88 Å². The van der Waals surface area contributed by atoms with Gasteiger partial charge in [-0.15, -0.1) is 0 Å². The molecule has 3 aromatic rings. The third-order valence-corrected chi connectivity index (χ3v) is 4.69. The second kappa shape index (κ2) is 11.1. The van der Waals surface area contributed by atoms with Gasteiger partial charge in [-0.05, 0) is 39.0 Å². The van der Waals surface area contributed by atoms with Crippen LogP contribution >= 0.6 is 0 Å². The number of hydrogen-bond acceptors (Lipinski definition) is 8. The van der Waals surface area contributed by atoms with Crippen molar-refractivity contribution in [3.63, 3.8) is 0 Å². The predicted octanol–water partition coefficient (Wildman–Crippen LogP) is 5.19. The van der Waals surface area contributed by atoms with Gasteiger partial charge in [0.2, 0.25) is 5.88 Å². The maximum absolute atomic E-state index is 12.9. The second-order valence-corrected chi connectivity index (χ2v) is 6.85. The highest BCUT2D eigenvalue weighted by Gasteiger charge is 2.30. The van der Waals surface area contributed by atoms with E-state index in [1.807, 2.05) is 19.3 Å². The molecular weight excluding hydrogens is 444 g/mol. The lowest BCUT2D eigenvalue weighted by Gasteiger charge is -2.13. The molecule has 180 valence electrons. The van der Waals surface area contributed by atoms with Gasteiger partial charge in [0.25, 0.3) is 0 Å². The molecule has 0 aliphatic carbocycles. The molecule has 0 aliphatic heterocycles. The van der Waals surface area contributed by atoms with Crippen LogP contribution in [0, 0.1) is 0 Å². The van der Waals surface area contributed by atoms with Crippen LogP contribution in [0.4, 0.5) is 14.4 Å². The number of aryl methyl sites for hydroxylation is 1. The minimum atomic E-state index is -1.04. The molecule has 0 unspecified atom stereocenters. The molecule has 0 amide bonds. The zero-order chi connectivity index (χ0) is 24.7. The lowest BCUT2D eigenvalue weighted by Crippen LogP contribution is -2.19. The fraction of sp³-hybridized carbons (Fsp3) is 0.292. The van der Waals surface area contributed by atoms with Crippen LogP contribution in [0.2, 0.25) is 0 Å². The summed E-state index contributed by atoms with van der Waals surface area (Å²) in [5, 5.41) is 0.472. The topological polar surface area (TPSA) is 107 Å². The molecule has 0 aliphatic rings. The SMILES string of the molecule is CCOC(=O)O/C(=C\c1cccn1C)c1c(OC(=O)OCC)n(C(=O)OCC)c2ccccc12. The van der Waals surface area contributed by atoms with Gasteiger partial charge in [-0.2, -0.15) is 0 Å². The average molecular weight is 470 g/mol. The number of rotatable bonds is 7. The van der Waals surface area contributed by atoms with Gasteiger partial charge in [0, 0.05) is 30.4 Å². The number of aromatic nitrogens is 2. The van der Waals surface area contributed by atoms with Crippen molar-refractivity contribution >= 4 is 41.1 Å². The van der Waals surface area contributed by atoms with Crippen LogP contribution in [0.3, 0.4) is 0 Å². The summed E-state index contributed by atoms with van der Waals surface area (Å²) in [6.07, 6.45) is 0.612. The van der Waals surface area contributed by atoms with E-state index in [4.69, 9.17) is 23.7 Å². The first-order valence-electron chi connectivity index (χ1n) is 10.7. The van der Waals surface area contributed by atoms with E-state index in [0.29, 0.717) is 16.6 Å². The van der Waals surface area contributed by atoms with E-state index >= 15 is 0 Å². The van der Waals surface area contributed by atoms with Crippen LogP contribution in [-0.2, 0) is 26.0 Å². The van der Waals surface area contributed by atoms with Crippen LogP contribution in [0.25, 0.3) is 22.7 Å². The van der Waals surface area contributed by atoms with Crippen molar-refractivity contribution in [1.82, 2.24) is 9.13 Å². The molecule has 0 radical (unpaired) electrons. The number of carbonyl (C=O) groups excluding carboxylic acids is 3. The molecule has 0 saturated heterocycles. The summed E-state index contributed by atoms with van der Waals surface area (Å²) in [6, 6.07) is 10.4. The molecule has 0 spiro atoms. The molecular formula is C24H26N2O8. The van der Waals surface area contributed by atoms with Gasteiger partial charge in [0.1, 0.15) is 5.76 Å². The van der Waals surface area contributed by atoms with Crippen molar-refractivity contribution in [2.75, 3.05) is 19.8 Å². The number of para-hydroxylation sites is 1. The summed E-state index contributed by atoms with van der Waals surface area (Å²) in [4.78, 5) is 37.6. The third kappa shape index (κ3) is 5.22. The maximum Gasteiger partial charge on any atom is 0.515 e. The normalized spacial score (nSPS) is 11.2. The maximum atomic E-state index is 12.9. The Balaban J connectivity index is 2.33. The van der Waals surface area contributed by atoms with Gasteiger partial charge in [0.05, 0.1) is 30.9 Å². The van der Waals surface area contributed by atoms with Crippen molar-refractivity contribution in [3.05, 3.63) is 53.9 Å². The zero-order valence-electron chi connectivity index (χ0n) is 19.4. The lowest BCUT2D eigenvalue weighted by atomic mass is 10.1. The molecule has 2 heterocycles. The molecule has 0 saturated carbocycles. The van der Waals surface area contributed by atoms with E-state index in [1.165, 1.54) is 0 Å². The van der Waals surface area contributed by atoms with Crippen LogP contribution in [-0.4, -0.2) is 47.4 Å². The number of fused-ring (bicyclic) bond motifs is 1. The van der Waals surface area contributed by atoms with Gasteiger partial charge in [-0.25, -0.2) is 19.0 Å². The first-order chi connectivity index (χ1) is 16.4. The van der Waals surface area contributed by atoms with E-state index in [0.717, 1.165) is 4.57 Å². The third-order valence-electron chi connectivity index (χ3n) is 4.69. The minimum Gasteiger partial charge on any atom is -0.449 e. The van der Waals surface area contributed by atoms with Gasteiger partial charge in [-0.3, -0.25) is 0 Å². The molecule has 10 heteroatoms. The molecule has 1 aromatic carbocycles. The lowest BCUT2D eigenvalue weighted by molar-refractivity contribution is 0.0951. The Kier molecular flexibility index (Phi) is 7.96. The summed E-state index contributed by atoms with van der Waals surface area (Å²) in [5.41, 5.74) is 1.22. The van der Waals surface area contributed by atoms with E-state index in [1.54, 1.807) is 61.7 Å². The molecule has 0 bridgehead atoms. The first-order valence-corrected chi connectivity index (χ1v) is 10.7. The molecule has 0 N–H and O–H groups in total. The van der Waals surface area contributed by atoms with Gasteiger partial charge >= 0.3 is 18.4 Å². The second-order valence-electron chi connectivity index (χ2n) is 6.85. The van der Waals surface area contributed by atoms with Crippen molar-refractivity contribution in [1.29, 1.82) is 0 Å². The standard InChI is InChI=1S/C24H26N2O8/c1-5-30-22(27)26-18-13-9-8-12-17(18)20(21(26)34-24(29)32-7-3)19(33-23(28)31-6-2)15-16-11-10-14-25(16)4/h8-15H,5-7H2,1-4H3/b19-15-. The largest absolute Gasteiger partial charge is 0.515 e. The van der Waals surface area contributed by atoms with Crippen LogP contribution in [0.5, 0.6) is 5.88 Å². The van der Waals surface area contributed by atoms with Crippen LogP contribution < -0.4 is 4.74 Å². The fourth-order valence-electron chi connectivity index (χ4n) is 3.30. The van der Waals surface area contributed by atoms with Gasteiger partial charge in [0.15, 0.2) is 0 Å². The highest BCUT2D eigenvalue weighted by Crippen LogP contribution is 2.39. The Labute approximate surface area is 196 Å². The quantitative estimate of drug-likeness (QED) is 0.264. The van der Waals surface area contributed by atoms with Crippen molar-refractivity contribution in [2.24, 2.45) is 7.05 Å². The fourth-order valence-corrected chi connectivity index (χ4v) is 3.30. The number of carbonyl (C=O) groups is 3.